The quantitative estimate of drug-likeness (QED) is 0.334. The Bertz CT molecular complexity index is 77.4. The van der Waals surface area contributed by atoms with Crippen molar-refractivity contribution < 1.29 is 14.2 Å². The van der Waals surface area contributed by atoms with Crippen molar-refractivity contribution in [1.29, 1.82) is 0 Å². The molecule has 0 atom stereocenters. The molecule has 0 rings (SSSR count). The summed E-state index contributed by atoms with van der Waals surface area (Å²) >= 11 is 0. The lowest BCUT2D eigenvalue weighted by Crippen LogP contribution is -2.25. The van der Waals surface area contributed by atoms with Crippen LogP contribution in [-0.4, -0.2) is 56.0 Å². The Morgan fingerprint density at radius 3 is 1.82 bits per heavy atom. The lowest BCUT2D eigenvalue weighted by molar-refractivity contribution is -0.147. The summed E-state index contributed by atoms with van der Waals surface area (Å²) in [5, 5.41) is 0. The highest BCUT2D eigenvalue weighted by Gasteiger charge is 2.05. The molecular weight excluding hydrogens is 140 g/mol. The van der Waals surface area contributed by atoms with Crippen molar-refractivity contribution in [2.45, 2.75) is 6.29 Å². The number of rotatable bonds is 7. The first-order valence-corrected chi connectivity index (χ1v) is 3.26. The minimum absolute atomic E-state index is 0.0681. The van der Waals surface area contributed by atoms with Crippen LogP contribution in [0.15, 0.2) is 0 Å². The average molecular weight is 150 g/mol. The molecule has 0 saturated carbocycles. The van der Waals surface area contributed by atoms with Gasteiger partial charge in [0.15, 0.2) is 6.29 Å². The Balaban J connectivity index is 3.34. The van der Waals surface area contributed by atoms with E-state index in [2.05, 4.69) is 0 Å². The van der Waals surface area contributed by atoms with Crippen LogP contribution in [0.25, 0.3) is 0 Å². The van der Waals surface area contributed by atoms with Crippen molar-refractivity contribution >= 4 is 23.5 Å². The molecule has 0 saturated heterocycles. The standard InChI is InChI=1S/C5H9B3O3/c6-2-9-1-5(10-3-7)11-4-8/h5H,1-4H2. The maximum absolute atomic E-state index is 5.10. The SMILES string of the molecule is [B]COCC(OC[B])OC[B]. The van der Waals surface area contributed by atoms with Crippen molar-refractivity contribution in [2.75, 3.05) is 26.1 Å². The zero-order valence-corrected chi connectivity index (χ0v) is 6.36. The summed E-state index contributed by atoms with van der Waals surface area (Å²) in [5.74, 6) is 0. The molecule has 0 aliphatic carbocycles. The van der Waals surface area contributed by atoms with Gasteiger partial charge in [0, 0.05) is 19.5 Å². The first-order chi connectivity index (χ1) is 5.35. The summed E-state index contributed by atoms with van der Waals surface area (Å²) in [6.45, 7) is 0.500. The topological polar surface area (TPSA) is 27.7 Å². The van der Waals surface area contributed by atoms with E-state index < -0.39 is 6.29 Å². The van der Waals surface area contributed by atoms with Crippen LogP contribution in [0.3, 0.4) is 0 Å². The van der Waals surface area contributed by atoms with E-state index >= 15 is 0 Å². The van der Waals surface area contributed by atoms with Gasteiger partial charge in [-0.15, -0.1) is 0 Å². The van der Waals surface area contributed by atoms with Crippen LogP contribution in [0.2, 0.25) is 0 Å². The fraction of sp³-hybridized carbons (Fsp3) is 1.00. The molecule has 0 aromatic carbocycles. The number of ether oxygens (including phenoxy) is 3. The van der Waals surface area contributed by atoms with Crippen molar-refractivity contribution in [3.8, 4) is 0 Å². The van der Waals surface area contributed by atoms with Crippen molar-refractivity contribution in [3.63, 3.8) is 0 Å². The average Bonchev–Trinajstić information content (AvgIpc) is 2.01. The van der Waals surface area contributed by atoms with Gasteiger partial charge in [-0.05, 0) is 0 Å². The minimum atomic E-state index is -0.520. The van der Waals surface area contributed by atoms with Gasteiger partial charge in [0.05, 0.1) is 6.61 Å². The Labute approximate surface area is 71.0 Å². The van der Waals surface area contributed by atoms with Crippen LogP contribution in [0.5, 0.6) is 0 Å². The monoisotopic (exact) mass is 150 g/mol. The predicted molar refractivity (Wildman–Crippen MR) is 43.8 cm³/mol. The van der Waals surface area contributed by atoms with Gasteiger partial charge in [-0.3, -0.25) is 0 Å². The van der Waals surface area contributed by atoms with E-state index in [1.54, 1.807) is 0 Å². The molecule has 0 aliphatic heterocycles. The van der Waals surface area contributed by atoms with Gasteiger partial charge < -0.3 is 14.2 Å². The third-order valence-electron chi connectivity index (χ3n) is 0.936. The zero-order valence-electron chi connectivity index (χ0n) is 6.36. The smallest absolute Gasteiger partial charge is 0.178 e. The molecule has 0 spiro atoms. The van der Waals surface area contributed by atoms with E-state index in [0.717, 1.165) is 0 Å². The summed E-state index contributed by atoms with van der Waals surface area (Å²) in [6.07, 6.45) is -0.520. The van der Waals surface area contributed by atoms with E-state index in [-0.39, 0.29) is 26.1 Å². The number of hydrogen-bond donors (Lipinski definition) is 0. The fourth-order valence-corrected chi connectivity index (χ4v) is 0.523. The first kappa shape index (κ1) is 11.1. The van der Waals surface area contributed by atoms with Gasteiger partial charge in [0.2, 0.25) is 0 Å². The fourth-order valence-electron chi connectivity index (χ4n) is 0.523. The summed E-state index contributed by atoms with van der Waals surface area (Å²) in [5.41, 5.74) is 0. The molecule has 6 heteroatoms. The molecule has 0 unspecified atom stereocenters. The largest absolute Gasteiger partial charge is 0.386 e. The maximum atomic E-state index is 5.10. The highest BCUT2D eigenvalue weighted by Crippen LogP contribution is 1.93. The minimum Gasteiger partial charge on any atom is -0.386 e. The second kappa shape index (κ2) is 8.17. The van der Waals surface area contributed by atoms with E-state index in [4.69, 9.17) is 37.7 Å². The molecule has 0 aliphatic rings. The molecule has 0 N–H and O–H groups in total. The maximum Gasteiger partial charge on any atom is 0.178 e. The van der Waals surface area contributed by atoms with Crippen LogP contribution < -0.4 is 0 Å². The van der Waals surface area contributed by atoms with E-state index in [1.165, 1.54) is 0 Å². The molecule has 0 bridgehead atoms. The highest BCUT2D eigenvalue weighted by molar-refractivity contribution is 6.08. The number of hydrogen-bond acceptors (Lipinski definition) is 3. The molecule has 0 aromatic heterocycles. The molecule has 0 amide bonds. The molecule has 3 nitrogen and oxygen atoms in total. The van der Waals surface area contributed by atoms with E-state index in [0.29, 0.717) is 0 Å². The predicted octanol–water partition coefficient (Wildman–Crippen LogP) is -1.26. The molecule has 6 radical (unpaired) electrons. The molecular formula is C5H9B3O3. The third kappa shape index (κ3) is 6.47. The van der Waals surface area contributed by atoms with Crippen molar-refractivity contribution in [3.05, 3.63) is 0 Å². The summed E-state index contributed by atoms with van der Waals surface area (Å²) < 4.78 is 14.6. The van der Waals surface area contributed by atoms with Crippen LogP contribution in [0.4, 0.5) is 0 Å². The van der Waals surface area contributed by atoms with Crippen LogP contribution in [0, 0.1) is 0 Å². The normalized spacial score (nSPS) is 10.6. The third-order valence-corrected chi connectivity index (χ3v) is 0.936. The molecule has 11 heavy (non-hydrogen) atoms. The van der Waals surface area contributed by atoms with Gasteiger partial charge in [0.25, 0.3) is 0 Å². The zero-order chi connectivity index (χ0) is 8.53. The Kier molecular flexibility index (Phi) is 8.23. The van der Waals surface area contributed by atoms with E-state index in [9.17, 15) is 0 Å². The highest BCUT2D eigenvalue weighted by atomic mass is 16.7. The van der Waals surface area contributed by atoms with Gasteiger partial charge in [0.1, 0.15) is 23.5 Å². The van der Waals surface area contributed by atoms with E-state index in [1.807, 2.05) is 0 Å². The van der Waals surface area contributed by atoms with Gasteiger partial charge in [-0.2, -0.15) is 0 Å². The lowest BCUT2D eigenvalue weighted by atomic mass is 10.2. The Hall–Kier alpha value is 0.0748. The molecule has 0 heterocycles. The van der Waals surface area contributed by atoms with Crippen LogP contribution >= 0.6 is 0 Å². The van der Waals surface area contributed by atoms with Gasteiger partial charge >= 0.3 is 0 Å². The first-order valence-electron chi connectivity index (χ1n) is 3.26. The van der Waals surface area contributed by atoms with Crippen molar-refractivity contribution in [2.24, 2.45) is 0 Å². The van der Waals surface area contributed by atoms with Gasteiger partial charge in [-0.1, -0.05) is 0 Å². The van der Waals surface area contributed by atoms with Crippen LogP contribution in [-0.2, 0) is 14.2 Å². The summed E-state index contributed by atoms with van der Waals surface area (Å²) in [4.78, 5) is 0. The second-order valence-corrected chi connectivity index (χ2v) is 1.63. The Morgan fingerprint density at radius 1 is 0.909 bits per heavy atom. The molecule has 56 valence electrons. The molecule has 0 fully saturated rings. The Morgan fingerprint density at radius 2 is 1.45 bits per heavy atom. The molecule has 0 aromatic rings. The van der Waals surface area contributed by atoms with Crippen LogP contribution in [0.1, 0.15) is 0 Å². The summed E-state index contributed by atoms with van der Waals surface area (Å²) in [7, 11) is 15.3. The lowest BCUT2D eigenvalue weighted by Gasteiger charge is -2.16. The summed E-state index contributed by atoms with van der Waals surface area (Å²) in [6, 6.07) is 0. The second-order valence-electron chi connectivity index (χ2n) is 1.63. The van der Waals surface area contributed by atoms with Gasteiger partial charge in [-0.25, -0.2) is 0 Å². The van der Waals surface area contributed by atoms with Crippen molar-refractivity contribution in [1.82, 2.24) is 0 Å².